The minimum Gasteiger partial charge on any atom is -0.399 e. The highest BCUT2D eigenvalue weighted by Gasteiger charge is 2.09. The molecule has 0 aliphatic carbocycles. The third kappa shape index (κ3) is 3.03. The van der Waals surface area contributed by atoms with Gasteiger partial charge in [0, 0.05) is 11.4 Å². The molecular weight excluding hydrogens is 250 g/mol. The summed E-state index contributed by atoms with van der Waals surface area (Å²) in [4.78, 5) is 17.3. The molecule has 2 N–H and O–H groups in total. The Labute approximate surface area is 118 Å². The molecule has 0 saturated carbocycles. The number of para-hydroxylation sites is 1. The van der Waals surface area contributed by atoms with Gasteiger partial charge in [-0.1, -0.05) is 18.2 Å². The number of carbonyl (C=O) groups excluding carboxylic acids is 1. The molecule has 0 aliphatic heterocycles. The number of aliphatic imine (C=N–C) groups is 1. The van der Waals surface area contributed by atoms with Gasteiger partial charge in [0.05, 0.1) is 5.69 Å². The summed E-state index contributed by atoms with van der Waals surface area (Å²) in [7, 11) is 0. The highest BCUT2D eigenvalue weighted by Crippen LogP contribution is 2.20. The number of nitrogens with zero attached hydrogens (tertiary/aromatic N) is 2. The molecule has 0 aromatic heterocycles. The van der Waals surface area contributed by atoms with E-state index in [0.29, 0.717) is 11.5 Å². The lowest BCUT2D eigenvalue weighted by Crippen LogP contribution is -2.26. The highest BCUT2D eigenvalue weighted by atomic mass is 16.1. The zero-order valence-electron chi connectivity index (χ0n) is 11.6. The van der Waals surface area contributed by atoms with Crippen LogP contribution in [0.25, 0.3) is 0 Å². The van der Waals surface area contributed by atoms with Gasteiger partial charge in [-0.05, 0) is 49.7 Å². The maximum atomic E-state index is 11.3. The second kappa shape index (κ2) is 6.02. The van der Waals surface area contributed by atoms with Crippen molar-refractivity contribution in [2.24, 2.45) is 4.99 Å². The molecule has 2 aromatic carbocycles. The topological polar surface area (TPSA) is 58.7 Å². The van der Waals surface area contributed by atoms with Gasteiger partial charge >= 0.3 is 0 Å². The van der Waals surface area contributed by atoms with E-state index in [2.05, 4.69) is 4.99 Å². The Morgan fingerprint density at radius 1 is 1.15 bits per heavy atom. The fourth-order valence-electron chi connectivity index (χ4n) is 1.88. The standard InChI is InChI=1S/C16H17N3O/c1-12-5-3-4-6-16(12)18-13(2)19(11-20)15-9-7-14(17)8-10-15/h3-11H,17H2,1-2H3. The molecule has 0 unspecified atom stereocenters. The van der Waals surface area contributed by atoms with Gasteiger partial charge in [-0.15, -0.1) is 0 Å². The van der Waals surface area contributed by atoms with Gasteiger partial charge < -0.3 is 5.73 Å². The molecule has 4 nitrogen and oxygen atoms in total. The molecule has 0 aliphatic rings. The molecule has 0 bridgehead atoms. The Bertz CT molecular complexity index is 632. The lowest BCUT2D eigenvalue weighted by atomic mass is 10.2. The molecule has 20 heavy (non-hydrogen) atoms. The number of rotatable bonds is 3. The van der Waals surface area contributed by atoms with Crippen molar-refractivity contribution >= 4 is 29.3 Å². The summed E-state index contributed by atoms with van der Waals surface area (Å²) in [5, 5.41) is 0. The van der Waals surface area contributed by atoms with Crippen molar-refractivity contribution in [3.05, 3.63) is 54.1 Å². The summed E-state index contributed by atoms with van der Waals surface area (Å²) < 4.78 is 0. The smallest absolute Gasteiger partial charge is 0.219 e. The van der Waals surface area contributed by atoms with Crippen LogP contribution in [0.4, 0.5) is 17.1 Å². The average molecular weight is 267 g/mol. The predicted octanol–water partition coefficient (Wildman–Crippen LogP) is 3.29. The van der Waals surface area contributed by atoms with E-state index in [-0.39, 0.29) is 0 Å². The van der Waals surface area contributed by atoms with E-state index < -0.39 is 0 Å². The molecule has 0 atom stereocenters. The molecule has 4 heteroatoms. The van der Waals surface area contributed by atoms with Crippen LogP contribution in [0.2, 0.25) is 0 Å². The van der Waals surface area contributed by atoms with Crippen LogP contribution in [0.15, 0.2) is 53.5 Å². The first-order valence-corrected chi connectivity index (χ1v) is 6.33. The lowest BCUT2D eigenvalue weighted by molar-refractivity contribution is -0.106. The molecule has 0 radical (unpaired) electrons. The molecule has 2 rings (SSSR count). The second-order valence-electron chi connectivity index (χ2n) is 4.51. The Balaban J connectivity index is 2.34. The first-order valence-electron chi connectivity index (χ1n) is 6.33. The predicted molar refractivity (Wildman–Crippen MR) is 83.3 cm³/mol. The molecule has 102 valence electrons. The van der Waals surface area contributed by atoms with Crippen LogP contribution in [0, 0.1) is 6.92 Å². The Morgan fingerprint density at radius 2 is 1.80 bits per heavy atom. The third-order valence-corrected chi connectivity index (χ3v) is 3.02. The number of nitrogens with two attached hydrogens (primary N) is 1. The van der Waals surface area contributed by atoms with Gasteiger partial charge in [0.1, 0.15) is 5.84 Å². The van der Waals surface area contributed by atoms with Crippen LogP contribution in [0.3, 0.4) is 0 Å². The monoisotopic (exact) mass is 267 g/mol. The normalized spacial score (nSPS) is 11.2. The third-order valence-electron chi connectivity index (χ3n) is 3.02. The number of carbonyl (C=O) groups is 1. The number of nitrogen functional groups attached to an aromatic ring is 1. The molecular formula is C16H17N3O. The molecule has 0 fully saturated rings. The Kier molecular flexibility index (Phi) is 4.15. The maximum Gasteiger partial charge on any atom is 0.219 e. The molecule has 1 amide bonds. The summed E-state index contributed by atoms with van der Waals surface area (Å²) in [6, 6.07) is 14.9. The molecule has 0 heterocycles. The van der Waals surface area contributed by atoms with E-state index in [1.807, 2.05) is 31.2 Å². The number of amidine groups is 1. The first kappa shape index (κ1) is 13.8. The number of hydrogen-bond acceptors (Lipinski definition) is 3. The molecule has 0 saturated heterocycles. The summed E-state index contributed by atoms with van der Waals surface area (Å²) in [5.41, 5.74) is 8.97. The van der Waals surface area contributed by atoms with Gasteiger partial charge in [-0.3, -0.25) is 9.69 Å². The van der Waals surface area contributed by atoms with E-state index in [1.165, 1.54) is 4.90 Å². The van der Waals surface area contributed by atoms with E-state index >= 15 is 0 Å². The van der Waals surface area contributed by atoms with Gasteiger partial charge in [0.2, 0.25) is 6.41 Å². The van der Waals surface area contributed by atoms with Crippen LogP contribution in [-0.2, 0) is 4.79 Å². The van der Waals surface area contributed by atoms with Crippen molar-refractivity contribution in [3.63, 3.8) is 0 Å². The van der Waals surface area contributed by atoms with Crippen molar-refractivity contribution in [1.82, 2.24) is 0 Å². The van der Waals surface area contributed by atoms with Crippen molar-refractivity contribution < 1.29 is 4.79 Å². The van der Waals surface area contributed by atoms with Crippen LogP contribution in [-0.4, -0.2) is 12.2 Å². The molecule has 0 spiro atoms. The van der Waals surface area contributed by atoms with Crippen LogP contribution < -0.4 is 10.6 Å². The van der Waals surface area contributed by atoms with Gasteiger partial charge in [0.25, 0.3) is 0 Å². The van der Waals surface area contributed by atoms with Crippen molar-refractivity contribution in [3.8, 4) is 0 Å². The van der Waals surface area contributed by atoms with Gasteiger partial charge in [-0.2, -0.15) is 0 Å². The van der Waals surface area contributed by atoms with Crippen molar-refractivity contribution in [1.29, 1.82) is 0 Å². The molecule has 2 aromatic rings. The number of hydrogen-bond donors (Lipinski definition) is 1. The zero-order valence-corrected chi connectivity index (χ0v) is 11.6. The van der Waals surface area contributed by atoms with Crippen molar-refractivity contribution in [2.75, 3.05) is 10.6 Å². The SMILES string of the molecule is CC(=Nc1ccccc1C)N(C=O)c1ccc(N)cc1. The quantitative estimate of drug-likeness (QED) is 0.401. The number of anilines is 2. The fourth-order valence-corrected chi connectivity index (χ4v) is 1.88. The summed E-state index contributed by atoms with van der Waals surface area (Å²) in [5.74, 6) is 0.610. The van der Waals surface area contributed by atoms with E-state index in [4.69, 9.17) is 5.73 Å². The highest BCUT2D eigenvalue weighted by molar-refractivity contribution is 6.09. The lowest BCUT2D eigenvalue weighted by Gasteiger charge is -2.17. The maximum absolute atomic E-state index is 11.3. The number of amides is 1. The first-order chi connectivity index (χ1) is 9.61. The summed E-state index contributed by atoms with van der Waals surface area (Å²) in [6.07, 6.45) is 0.753. The number of aryl methyl sites for hydroxylation is 1. The minimum absolute atomic E-state index is 0.610. The summed E-state index contributed by atoms with van der Waals surface area (Å²) >= 11 is 0. The van der Waals surface area contributed by atoms with Crippen LogP contribution in [0.5, 0.6) is 0 Å². The average Bonchev–Trinajstić information content (AvgIpc) is 2.44. The van der Waals surface area contributed by atoms with E-state index in [9.17, 15) is 4.79 Å². The van der Waals surface area contributed by atoms with Gasteiger partial charge in [-0.25, -0.2) is 4.99 Å². The Morgan fingerprint density at radius 3 is 2.40 bits per heavy atom. The van der Waals surface area contributed by atoms with Crippen LogP contribution in [0.1, 0.15) is 12.5 Å². The van der Waals surface area contributed by atoms with E-state index in [1.54, 1.807) is 31.2 Å². The fraction of sp³-hybridized carbons (Fsp3) is 0.125. The Hall–Kier alpha value is -2.62. The minimum atomic E-state index is 0.610. The largest absolute Gasteiger partial charge is 0.399 e. The summed E-state index contributed by atoms with van der Waals surface area (Å²) in [6.45, 7) is 3.79. The van der Waals surface area contributed by atoms with Gasteiger partial charge in [0.15, 0.2) is 0 Å². The number of benzene rings is 2. The zero-order chi connectivity index (χ0) is 14.5. The van der Waals surface area contributed by atoms with Crippen molar-refractivity contribution in [2.45, 2.75) is 13.8 Å². The second-order valence-corrected chi connectivity index (χ2v) is 4.51. The van der Waals surface area contributed by atoms with E-state index in [0.717, 1.165) is 23.3 Å². The van der Waals surface area contributed by atoms with Crippen LogP contribution >= 0.6 is 0 Å².